The lowest BCUT2D eigenvalue weighted by molar-refractivity contribution is 0.0687. The van der Waals surface area contributed by atoms with Gasteiger partial charge in [0.2, 0.25) is 0 Å². The predicted octanol–water partition coefficient (Wildman–Crippen LogP) is 0.729. The summed E-state index contributed by atoms with van der Waals surface area (Å²) in [5.74, 6) is 6.06. The molecule has 0 saturated heterocycles. The van der Waals surface area contributed by atoms with Crippen molar-refractivity contribution >= 4 is 0 Å². The number of nitrogens with zero attached hydrogens (tertiary/aromatic N) is 1. The SMILES string of the molecule is CCN(CC)CC#CC(C)OCCO. The quantitative estimate of drug-likeness (QED) is 0.640. The smallest absolute Gasteiger partial charge is 0.115 e. The van der Waals surface area contributed by atoms with Gasteiger partial charge in [0.25, 0.3) is 0 Å². The third-order valence-electron chi connectivity index (χ3n) is 1.96. The minimum Gasteiger partial charge on any atom is -0.394 e. The van der Waals surface area contributed by atoms with Gasteiger partial charge in [-0.1, -0.05) is 25.7 Å². The van der Waals surface area contributed by atoms with E-state index in [0.717, 1.165) is 19.6 Å². The molecule has 82 valence electrons. The lowest BCUT2D eigenvalue weighted by atomic mass is 10.4. The van der Waals surface area contributed by atoms with Crippen LogP contribution in [0.15, 0.2) is 0 Å². The van der Waals surface area contributed by atoms with E-state index < -0.39 is 0 Å². The molecule has 0 aliphatic carbocycles. The highest BCUT2D eigenvalue weighted by Crippen LogP contribution is 1.88. The Balaban J connectivity index is 3.68. The number of hydrogen-bond acceptors (Lipinski definition) is 3. The Morgan fingerprint density at radius 3 is 2.50 bits per heavy atom. The van der Waals surface area contributed by atoms with Crippen molar-refractivity contribution in [2.75, 3.05) is 32.8 Å². The van der Waals surface area contributed by atoms with E-state index in [9.17, 15) is 0 Å². The Hall–Kier alpha value is -0.560. The molecule has 0 aliphatic rings. The van der Waals surface area contributed by atoms with Gasteiger partial charge in [0.15, 0.2) is 0 Å². The Labute approximate surface area is 87.1 Å². The highest BCUT2D eigenvalue weighted by Gasteiger charge is 1.96. The van der Waals surface area contributed by atoms with Crippen molar-refractivity contribution in [1.82, 2.24) is 4.90 Å². The van der Waals surface area contributed by atoms with Crippen LogP contribution in [0.4, 0.5) is 0 Å². The molecule has 0 aromatic heterocycles. The minimum absolute atomic E-state index is 0.0576. The van der Waals surface area contributed by atoms with Crippen molar-refractivity contribution in [3.05, 3.63) is 0 Å². The van der Waals surface area contributed by atoms with Gasteiger partial charge >= 0.3 is 0 Å². The second-order valence-electron chi connectivity index (χ2n) is 3.02. The molecule has 1 atom stereocenters. The van der Waals surface area contributed by atoms with Gasteiger partial charge in [0.05, 0.1) is 19.8 Å². The molecule has 1 unspecified atom stereocenters. The van der Waals surface area contributed by atoms with Gasteiger partial charge in [0.1, 0.15) is 6.10 Å². The maximum absolute atomic E-state index is 8.52. The van der Waals surface area contributed by atoms with Crippen molar-refractivity contribution < 1.29 is 9.84 Å². The molecule has 0 amide bonds. The van der Waals surface area contributed by atoms with Crippen LogP contribution in [0.2, 0.25) is 0 Å². The fourth-order valence-electron chi connectivity index (χ4n) is 1.02. The Bertz CT molecular complexity index is 179. The van der Waals surface area contributed by atoms with Gasteiger partial charge in [0, 0.05) is 0 Å². The normalized spacial score (nSPS) is 12.4. The number of rotatable bonds is 6. The molecule has 0 bridgehead atoms. The average molecular weight is 199 g/mol. The largest absolute Gasteiger partial charge is 0.394 e. The van der Waals surface area contributed by atoms with Gasteiger partial charge in [-0.3, -0.25) is 4.90 Å². The molecule has 0 radical (unpaired) electrons. The Kier molecular flexibility index (Phi) is 8.65. The van der Waals surface area contributed by atoms with Crippen LogP contribution in [0.25, 0.3) is 0 Å². The van der Waals surface area contributed by atoms with E-state index in [-0.39, 0.29) is 12.7 Å². The molecule has 1 N–H and O–H groups in total. The van der Waals surface area contributed by atoms with Gasteiger partial charge in [-0.2, -0.15) is 0 Å². The summed E-state index contributed by atoms with van der Waals surface area (Å²) in [5.41, 5.74) is 0. The molecule has 0 aliphatic heterocycles. The van der Waals surface area contributed by atoms with Crippen molar-refractivity contribution in [3.8, 4) is 11.8 Å². The number of hydrogen-bond donors (Lipinski definition) is 1. The molecular weight excluding hydrogens is 178 g/mol. The summed E-state index contributed by atoms with van der Waals surface area (Å²) < 4.78 is 5.20. The van der Waals surface area contributed by atoms with E-state index in [1.807, 2.05) is 6.92 Å². The van der Waals surface area contributed by atoms with Crippen molar-refractivity contribution in [3.63, 3.8) is 0 Å². The third kappa shape index (κ3) is 6.90. The molecule has 0 aromatic rings. The monoisotopic (exact) mass is 199 g/mol. The molecule has 0 aromatic carbocycles. The fraction of sp³-hybridized carbons (Fsp3) is 0.818. The highest BCUT2D eigenvalue weighted by atomic mass is 16.5. The first-order chi connectivity index (χ1) is 6.74. The summed E-state index contributed by atoms with van der Waals surface area (Å²) in [4.78, 5) is 2.24. The van der Waals surface area contributed by atoms with E-state index in [4.69, 9.17) is 9.84 Å². The van der Waals surface area contributed by atoms with Crippen LogP contribution in [0, 0.1) is 11.8 Å². The Morgan fingerprint density at radius 1 is 1.36 bits per heavy atom. The third-order valence-corrected chi connectivity index (χ3v) is 1.96. The molecule has 14 heavy (non-hydrogen) atoms. The molecule has 3 nitrogen and oxygen atoms in total. The predicted molar refractivity (Wildman–Crippen MR) is 58.1 cm³/mol. The number of aliphatic hydroxyl groups excluding tert-OH is 1. The second-order valence-corrected chi connectivity index (χ2v) is 3.02. The van der Waals surface area contributed by atoms with Gasteiger partial charge < -0.3 is 9.84 Å². The average Bonchev–Trinajstić information content (AvgIpc) is 2.21. The first-order valence-electron chi connectivity index (χ1n) is 5.17. The standard InChI is InChI=1S/C11H21NO2/c1-4-12(5-2)8-6-7-11(3)14-10-9-13/h11,13H,4-5,8-10H2,1-3H3. The topological polar surface area (TPSA) is 32.7 Å². The second kappa shape index (κ2) is 9.01. The molecule has 0 rings (SSSR count). The zero-order valence-corrected chi connectivity index (χ0v) is 9.42. The number of ether oxygens (including phenoxy) is 1. The summed E-state index contributed by atoms with van der Waals surface area (Å²) >= 11 is 0. The minimum atomic E-state index is -0.0855. The van der Waals surface area contributed by atoms with Crippen molar-refractivity contribution in [2.45, 2.75) is 26.9 Å². The van der Waals surface area contributed by atoms with Crippen LogP contribution in [-0.2, 0) is 4.74 Å². The molecule has 3 heteroatoms. The number of aliphatic hydroxyl groups is 1. The summed E-state index contributed by atoms with van der Waals surface area (Å²) in [5, 5.41) is 8.52. The van der Waals surface area contributed by atoms with Crippen LogP contribution in [0.1, 0.15) is 20.8 Å². The molecule has 0 spiro atoms. The molecule has 0 heterocycles. The van der Waals surface area contributed by atoms with Crippen molar-refractivity contribution in [1.29, 1.82) is 0 Å². The van der Waals surface area contributed by atoms with Gasteiger partial charge in [-0.25, -0.2) is 0 Å². The first-order valence-corrected chi connectivity index (χ1v) is 5.17. The van der Waals surface area contributed by atoms with Crippen molar-refractivity contribution in [2.24, 2.45) is 0 Å². The molecule has 0 saturated carbocycles. The van der Waals surface area contributed by atoms with Crippen LogP contribution in [0.5, 0.6) is 0 Å². The van der Waals surface area contributed by atoms with E-state index in [1.54, 1.807) is 0 Å². The van der Waals surface area contributed by atoms with E-state index >= 15 is 0 Å². The van der Waals surface area contributed by atoms with Gasteiger partial charge in [-0.05, 0) is 20.0 Å². The lowest BCUT2D eigenvalue weighted by Crippen LogP contribution is -2.23. The summed E-state index contributed by atoms with van der Waals surface area (Å²) in [6, 6.07) is 0. The van der Waals surface area contributed by atoms with E-state index in [0.29, 0.717) is 6.61 Å². The molecule has 0 fully saturated rings. The maximum Gasteiger partial charge on any atom is 0.115 e. The van der Waals surface area contributed by atoms with Crippen LogP contribution in [-0.4, -0.2) is 49.0 Å². The summed E-state index contributed by atoms with van der Waals surface area (Å²) in [6.07, 6.45) is -0.0855. The van der Waals surface area contributed by atoms with E-state index in [2.05, 4.69) is 30.6 Å². The highest BCUT2D eigenvalue weighted by molar-refractivity contribution is 5.05. The maximum atomic E-state index is 8.52. The Morgan fingerprint density at radius 2 is 2.00 bits per heavy atom. The van der Waals surface area contributed by atoms with E-state index in [1.165, 1.54) is 0 Å². The lowest BCUT2D eigenvalue weighted by Gasteiger charge is -2.13. The summed E-state index contributed by atoms with van der Waals surface area (Å²) in [7, 11) is 0. The van der Waals surface area contributed by atoms with Crippen LogP contribution in [0.3, 0.4) is 0 Å². The zero-order chi connectivity index (χ0) is 10.8. The first kappa shape index (κ1) is 13.4. The zero-order valence-electron chi connectivity index (χ0n) is 9.42. The van der Waals surface area contributed by atoms with Gasteiger partial charge in [-0.15, -0.1) is 0 Å². The fourth-order valence-corrected chi connectivity index (χ4v) is 1.02. The molecular formula is C11H21NO2. The van der Waals surface area contributed by atoms with Crippen LogP contribution < -0.4 is 0 Å². The summed E-state index contributed by atoms with van der Waals surface area (Å²) in [6.45, 7) is 9.40. The van der Waals surface area contributed by atoms with Crippen LogP contribution >= 0.6 is 0 Å².